The number of halogens is 2. The van der Waals surface area contributed by atoms with Crippen molar-refractivity contribution in [3.8, 4) is 11.8 Å². The number of carbonyl (C=O) groups excluding carboxylic acids is 1. The number of benzene rings is 3. The fourth-order valence-electron chi connectivity index (χ4n) is 3.19. The lowest BCUT2D eigenvalue weighted by Crippen LogP contribution is -2.14. The van der Waals surface area contributed by atoms with Crippen LogP contribution in [0.15, 0.2) is 83.4 Å². The molecule has 0 saturated heterocycles. The molecule has 3 aromatic carbocycles. The first-order chi connectivity index (χ1) is 16.8. The Kier molecular flexibility index (Phi) is 8.54. The monoisotopic (exact) mass is 534 g/mol. The van der Waals surface area contributed by atoms with E-state index in [1.54, 1.807) is 36.4 Å². The molecule has 0 spiro atoms. The van der Waals surface area contributed by atoms with E-state index in [0.717, 1.165) is 11.1 Å². The number of ether oxygens (including phenoxy) is 1. The molecule has 0 fully saturated rings. The standard InChI is InChI=1S/C27H20BrFN2O4/c1-2-5-20-12-18(13-21(15-30)26(32)31-24-7-4-3-6-23(24)29)14-22(28)25(20)35-16-17-8-10-19(11-9-17)27(33)34/h2-4,6-14H,1,5,16H2,(H,31,32)(H,33,34)/b21-13-. The Morgan fingerprint density at radius 1 is 1.17 bits per heavy atom. The molecule has 8 heteroatoms. The van der Waals surface area contributed by atoms with Crippen LogP contribution in [0.4, 0.5) is 10.1 Å². The number of amides is 1. The molecule has 0 aromatic heterocycles. The highest BCUT2D eigenvalue weighted by Crippen LogP contribution is 2.33. The lowest BCUT2D eigenvalue weighted by atomic mass is 10.0. The Morgan fingerprint density at radius 3 is 2.51 bits per heavy atom. The summed E-state index contributed by atoms with van der Waals surface area (Å²) in [5.41, 5.74) is 2.07. The van der Waals surface area contributed by atoms with Crippen LogP contribution in [0.3, 0.4) is 0 Å². The van der Waals surface area contributed by atoms with Gasteiger partial charge in [-0.05, 0) is 81.5 Å². The van der Waals surface area contributed by atoms with Crippen molar-refractivity contribution in [2.45, 2.75) is 13.0 Å². The van der Waals surface area contributed by atoms with Gasteiger partial charge in [0.1, 0.15) is 29.8 Å². The minimum absolute atomic E-state index is 0.0210. The fourth-order valence-corrected chi connectivity index (χ4v) is 3.83. The lowest BCUT2D eigenvalue weighted by Gasteiger charge is -2.14. The van der Waals surface area contributed by atoms with E-state index in [1.165, 1.54) is 36.4 Å². The van der Waals surface area contributed by atoms with Crippen molar-refractivity contribution in [1.29, 1.82) is 5.26 Å². The van der Waals surface area contributed by atoms with Crippen LogP contribution in [0.25, 0.3) is 6.08 Å². The number of carboxylic acids is 1. The number of nitrogens with zero attached hydrogens (tertiary/aromatic N) is 1. The van der Waals surface area contributed by atoms with Crippen molar-refractivity contribution in [1.82, 2.24) is 0 Å². The van der Waals surface area contributed by atoms with Crippen LogP contribution in [0.5, 0.6) is 5.75 Å². The third kappa shape index (κ3) is 6.65. The van der Waals surface area contributed by atoms with Crippen molar-refractivity contribution in [2.75, 3.05) is 5.32 Å². The smallest absolute Gasteiger partial charge is 0.335 e. The molecule has 2 N–H and O–H groups in total. The lowest BCUT2D eigenvalue weighted by molar-refractivity contribution is -0.112. The van der Waals surface area contributed by atoms with Crippen LogP contribution in [0, 0.1) is 17.1 Å². The van der Waals surface area contributed by atoms with Crippen LogP contribution >= 0.6 is 15.9 Å². The molecule has 6 nitrogen and oxygen atoms in total. The van der Waals surface area contributed by atoms with Crippen LogP contribution < -0.4 is 10.1 Å². The Morgan fingerprint density at radius 2 is 1.89 bits per heavy atom. The van der Waals surface area contributed by atoms with Gasteiger partial charge in [0.2, 0.25) is 0 Å². The van der Waals surface area contributed by atoms with E-state index in [2.05, 4.69) is 27.8 Å². The zero-order chi connectivity index (χ0) is 25.4. The van der Waals surface area contributed by atoms with Gasteiger partial charge in [0.15, 0.2) is 0 Å². The number of rotatable bonds is 9. The van der Waals surface area contributed by atoms with E-state index < -0.39 is 17.7 Å². The Labute approximate surface area is 210 Å². The molecule has 1 amide bonds. The predicted molar refractivity (Wildman–Crippen MR) is 134 cm³/mol. The first kappa shape index (κ1) is 25.4. The van der Waals surface area contributed by atoms with Crippen molar-refractivity contribution in [3.05, 3.63) is 111 Å². The molecule has 0 saturated carbocycles. The van der Waals surface area contributed by atoms with Crippen LogP contribution in [-0.2, 0) is 17.8 Å². The van der Waals surface area contributed by atoms with E-state index >= 15 is 0 Å². The second-order valence-electron chi connectivity index (χ2n) is 7.38. The van der Waals surface area contributed by atoms with E-state index in [-0.39, 0.29) is 23.4 Å². The fraction of sp³-hybridized carbons (Fsp3) is 0.0741. The average Bonchev–Trinajstić information content (AvgIpc) is 2.83. The maximum atomic E-state index is 13.9. The number of nitriles is 1. The molecule has 176 valence electrons. The normalized spacial score (nSPS) is 10.8. The average molecular weight is 535 g/mol. The molecular weight excluding hydrogens is 515 g/mol. The van der Waals surface area contributed by atoms with Crippen LogP contribution in [0.1, 0.15) is 27.0 Å². The van der Waals surface area contributed by atoms with E-state index in [1.807, 2.05) is 6.07 Å². The summed E-state index contributed by atoms with van der Waals surface area (Å²) in [5.74, 6) is -1.78. The van der Waals surface area contributed by atoms with E-state index in [0.29, 0.717) is 22.2 Å². The number of carbonyl (C=O) groups is 2. The maximum absolute atomic E-state index is 13.9. The number of para-hydroxylation sites is 1. The quantitative estimate of drug-likeness (QED) is 0.195. The summed E-state index contributed by atoms with van der Waals surface area (Å²) < 4.78 is 20.4. The van der Waals surface area contributed by atoms with Crippen molar-refractivity contribution >= 4 is 39.6 Å². The molecule has 3 aromatic rings. The highest BCUT2D eigenvalue weighted by molar-refractivity contribution is 9.10. The van der Waals surface area contributed by atoms with Gasteiger partial charge in [0.25, 0.3) is 5.91 Å². The second-order valence-corrected chi connectivity index (χ2v) is 8.23. The zero-order valence-corrected chi connectivity index (χ0v) is 20.0. The molecule has 0 atom stereocenters. The Balaban J connectivity index is 1.84. The Hall–Kier alpha value is -4.22. The van der Waals surface area contributed by atoms with Crippen molar-refractivity contribution in [2.24, 2.45) is 0 Å². The summed E-state index contributed by atoms with van der Waals surface area (Å²) in [6.07, 6.45) is 3.55. The topological polar surface area (TPSA) is 99.4 Å². The predicted octanol–water partition coefficient (Wildman–Crippen LogP) is 6.14. The largest absolute Gasteiger partial charge is 0.487 e. The highest BCUT2D eigenvalue weighted by Gasteiger charge is 2.15. The summed E-state index contributed by atoms with van der Waals surface area (Å²) in [4.78, 5) is 23.5. The van der Waals surface area contributed by atoms with Gasteiger partial charge >= 0.3 is 5.97 Å². The third-order valence-corrected chi connectivity index (χ3v) is 5.48. The van der Waals surface area contributed by atoms with Gasteiger partial charge in [0, 0.05) is 0 Å². The summed E-state index contributed by atoms with van der Waals surface area (Å²) in [5, 5.41) is 20.9. The summed E-state index contributed by atoms with van der Waals surface area (Å²) >= 11 is 3.49. The molecule has 0 aliphatic rings. The molecule has 35 heavy (non-hydrogen) atoms. The number of aromatic carboxylic acids is 1. The van der Waals surface area contributed by atoms with Crippen molar-refractivity contribution < 1.29 is 23.8 Å². The van der Waals surface area contributed by atoms with Crippen molar-refractivity contribution in [3.63, 3.8) is 0 Å². The van der Waals surface area contributed by atoms with E-state index in [9.17, 15) is 19.2 Å². The number of anilines is 1. The minimum atomic E-state index is -1.00. The molecular formula is C27H20BrFN2O4. The first-order valence-electron chi connectivity index (χ1n) is 10.4. The van der Waals surface area contributed by atoms with Gasteiger partial charge < -0.3 is 15.2 Å². The van der Waals surface area contributed by atoms with Gasteiger partial charge in [-0.15, -0.1) is 6.58 Å². The van der Waals surface area contributed by atoms with Gasteiger partial charge in [0.05, 0.1) is 15.7 Å². The van der Waals surface area contributed by atoms with Gasteiger partial charge in [-0.1, -0.05) is 30.3 Å². The summed E-state index contributed by atoms with van der Waals surface area (Å²) in [6.45, 7) is 3.97. The molecule has 0 heterocycles. The number of allylic oxidation sites excluding steroid dienone is 1. The summed E-state index contributed by atoms with van der Waals surface area (Å²) in [7, 11) is 0. The number of carboxylic acid groups (broad SMARTS) is 1. The molecule has 0 bridgehead atoms. The minimum Gasteiger partial charge on any atom is -0.487 e. The number of nitrogens with one attached hydrogen (secondary N) is 1. The van der Waals surface area contributed by atoms with Gasteiger partial charge in [-0.3, -0.25) is 4.79 Å². The molecule has 0 aliphatic carbocycles. The van der Waals surface area contributed by atoms with Crippen LogP contribution in [-0.4, -0.2) is 17.0 Å². The van der Waals surface area contributed by atoms with Gasteiger partial charge in [-0.2, -0.15) is 5.26 Å². The maximum Gasteiger partial charge on any atom is 0.335 e. The van der Waals surface area contributed by atoms with E-state index in [4.69, 9.17) is 9.84 Å². The third-order valence-electron chi connectivity index (χ3n) is 4.89. The first-order valence-corrected chi connectivity index (χ1v) is 11.2. The Bertz CT molecular complexity index is 1340. The molecule has 0 aliphatic heterocycles. The number of hydrogen-bond donors (Lipinski definition) is 2. The molecule has 0 unspecified atom stereocenters. The SMILES string of the molecule is C=CCc1cc(/C=C(/C#N)C(=O)Nc2ccccc2F)cc(Br)c1OCc1ccc(C(=O)O)cc1. The highest BCUT2D eigenvalue weighted by atomic mass is 79.9. The second kappa shape index (κ2) is 11.8. The van der Waals surface area contributed by atoms with Gasteiger partial charge in [-0.25, -0.2) is 9.18 Å². The summed E-state index contributed by atoms with van der Waals surface area (Å²) in [6, 6.07) is 17.4. The molecule has 0 radical (unpaired) electrons. The zero-order valence-electron chi connectivity index (χ0n) is 18.4. The molecule has 3 rings (SSSR count). The number of hydrogen-bond acceptors (Lipinski definition) is 4. The van der Waals surface area contributed by atoms with Crippen LogP contribution in [0.2, 0.25) is 0 Å².